The van der Waals surface area contributed by atoms with Gasteiger partial charge in [-0.25, -0.2) is 4.98 Å². The maximum Gasteiger partial charge on any atom is 0.416 e. The van der Waals surface area contributed by atoms with E-state index in [-0.39, 0.29) is 5.69 Å². The van der Waals surface area contributed by atoms with Crippen LogP contribution in [0.4, 0.5) is 24.5 Å². The van der Waals surface area contributed by atoms with Gasteiger partial charge in [-0.1, -0.05) is 0 Å². The van der Waals surface area contributed by atoms with Gasteiger partial charge in [-0.05, 0) is 24.6 Å². The van der Waals surface area contributed by atoms with Crippen molar-refractivity contribution in [1.29, 1.82) is 0 Å². The fourth-order valence-electron chi connectivity index (χ4n) is 1.80. The van der Waals surface area contributed by atoms with Crippen LogP contribution in [0.15, 0.2) is 36.9 Å². The summed E-state index contributed by atoms with van der Waals surface area (Å²) >= 11 is 0. The molecule has 4 nitrogen and oxygen atoms in total. The summed E-state index contributed by atoms with van der Waals surface area (Å²) in [5, 5.41) is 3.03. The van der Waals surface area contributed by atoms with Crippen molar-refractivity contribution in [2.24, 2.45) is 0 Å². The fourth-order valence-corrected chi connectivity index (χ4v) is 1.80. The highest BCUT2D eigenvalue weighted by molar-refractivity contribution is 5.67. The Hall–Kier alpha value is -2.18. The van der Waals surface area contributed by atoms with E-state index in [9.17, 15) is 13.2 Å². The molecular weight excluding hydrogens is 269 g/mol. The lowest BCUT2D eigenvalue weighted by Gasteiger charge is -2.12. The second kappa shape index (κ2) is 5.85. The number of alkyl halides is 3. The summed E-state index contributed by atoms with van der Waals surface area (Å²) in [7, 11) is 0. The van der Waals surface area contributed by atoms with Crippen LogP contribution in [0.2, 0.25) is 0 Å². The monoisotopic (exact) mass is 284 g/mol. The number of rotatable bonds is 5. The quantitative estimate of drug-likeness (QED) is 0.655. The molecule has 1 aromatic carbocycles. The number of nitrogen functional groups attached to an aromatic ring is 1. The first-order valence-electron chi connectivity index (χ1n) is 6.13. The largest absolute Gasteiger partial charge is 0.416 e. The van der Waals surface area contributed by atoms with Crippen molar-refractivity contribution < 1.29 is 13.2 Å². The summed E-state index contributed by atoms with van der Waals surface area (Å²) in [6.07, 6.45) is 1.71. The topological polar surface area (TPSA) is 55.9 Å². The molecule has 0 saturated heterocycles. The van der Waals surface area contributed by atoms with Crippen molar-refractivity contribution >= 4 is 11.4 Å². The van der Waals surface area contributed by atoms with Crippen LogP contribution in [0.1, 0.15) is 12.0 Å². The molecule has 108 valence electrons. The predicted molar refractivity (Wildman–Crippen MR) is 71.2 cm³/mol. The van der Waals surface area contributed by atoms with Gasteiger partial charge in [-0.3, -0.25) is 0 Å². The number of aromatic nitrogens is 2. The van der Waals surface area contributed by atoms with Gasteiger partial charge < -0.3 is 15.6 Å². The van der Waals surface area contributed by atoms with E-state index in [0.29, 0.717) is 12.2 Å². The number of imidazole rings is 1. The van der Waals surface area contributed by atoms with Crippen LogP contribution in [-0.4, -0.2) is 16.1 Å². The van der Waals surface area contributed by atoms with Crippen LogP contribution in [0.3, 0.4) is 0 Å². The Morgan fingerprint density at radius 1 is 1.30 bits per heavy atom. The Morgan fingerprint density at radius 3 is 2.70 bits per heavy atom. The Bertz CT molecular complexity index is 549. The third kappa shape index (κ3) is 3.66. The minimum absolute atomic E-state index is 0.0995. The lowest BCUT2D eigenvalue weighted by molar-refractivity contribution is -0.137. The van der Waals surface area contributed by atoms with E-state index >= 15 is 0 Å². The van der Waals surface area contributed by atoms with Gasteiger partial charge in [0.2, 0.25) is 0 Å². The minimum atomic E-state index is -4.37. The minimum Gasteiger partial charge on any atom is -0.397 e. The van der Waals surface area contributed by atoms with Crippen molar-refractivity contribution in [2.75, 3.05) is 17.6 Å². The van der Waals surface area contributed by atoms with Crippen LogP contribution in [0.25, 0.3) is 0 Å². The van der Waals surface area contributed by atoms with E-state index < -0.39 is 11.7 Å². The van der Waals surface area contributed by atoms with Crippen LogP contribution in [0, 0.1) is 0 Å². The average molecular weight is 284 g/mol. The van der Waals surface area contributed by atoms with Gasteiger partial charge in [0, 0.05) is 25.5 Å². The maximum atomic E-state index is 12.5. The summed E-state index contributed by atoms with van der Waals surface area (Å²) < 4.78 is 39.4. The summed E-state index contributed by atoms with van der Waals surface area (Å²) in [5.74, 6) is 0. The summed E-state index contributed by atoms with van der Waals surface area (Å²) in [6.45, 7) is 1.40. The van der Waals surface area contributed by atoms with E-state index in [1.165, 1.54) is 6.07 Å². The molecule has 0 spiro atoms. The lowest BCUT2D eigenvalue weighted by atomic mass is 10.1. The molecule has 2 rings (SSSR count). The molecule has 20 heavy (non-hydrogen) atoms. The molecule has 0 radical (unpaired) electrons. The number of hydrogen-bond acceptors (Lipinski definition) is 3. The molecule has 3 N–H and O–H groups in total. The number of hydrogen-bond donors (Lipinski definition) is 2. The third-order valence-corrected chi connectivity index (χ3v) is 2.85. The molecule has 0 fully saturated rings. The van der Waals surface area contributed by atoms with E-state index in [1.54, 1.807) is 12.5 Å². The molecule has 0 amide bonds. The molecule has 1 heterocycles. The molecule has 0 bridgehead atoms. The highest BCUT2D eigenvalue weighted by atomic mass is 19.4. The van der Waals surface area contributed by atoms with Crippen molar-refractivity contribution in [1.82, 2.24) is 9.55 Å². The van der Waals surface area contributed by atoms with E-state index in [0.717, 1.165) is 25.1 Å². The summed E-state index contributed by atoms with van der Waals surface area (Å²) in [4.78, 5) is 3.92. The highest BCUT2D eigenvalue weighted by Gasteiger charge is 2.30. The molecule has 0 aliphatic heterocycles. The van der Waals surface area contributed by atoms with Crippen molar-refractivity contribution in [2.45, 2.75) is 19.1 Å². The first-order chi connectivity index (χ1) is 9.47. The summed E-state index contributed by atoms with van der Waals surface area (Å²) in [5.41, 5.74) is 5.50. The molecule has 1 aromatic heterocycles. The second-order valence-electron chi connectivity index (χ2n) is 4.38. The molecule has 0 aliphatic carbocycles. The van der Waals surface area contributed by atoms with Gasteiger partial charge in [-0.15, -0.1) is 0 Å². The van der Waals surface area contributed by atoms with Gasteiger partial charge in [0.25, 0.3) is 0 Å². The van der Waals surface area contributed by atoms with Crippen molar-refractivity contribution in [3.8, 4) is 0 Å². The molecule has 0 saturated carbocycles. The lowest BCUT2D eigenvalue weighted by Crippen LogP contribution is -2.10. The van der Waals surface area contributed by atoms with Crippen LogP contribution >= 0.6 is 0 Å². The highest BCUT2D eigenvalue weighted by Crippen LogP contribution is 2.32. The Morgan fingerprint density at radius 2 is 2.10 bits per heavy atom. The van der Waals surface area contributed by atoms with Gasteiger partial charge in [0.1, 0.15) is 0 Å². The number of aryl methyl sites for hydroxylation is 1. The zero-order valence-electron chi connectivity index (χ0n) is 10.7. The zero-order chi connectivity index (χ0) is 14.6. The molecule has 2 aromatic rings. The third-order valence-electron chi connectivity index (χ3n) is 2.85. The van der Waals surface area contributed by atoms with E-state index in [1.807, 2.05) is 10.8 Å². The van der Waals surface area contributed by atoms with Crippen LogP contribution < -0.4 is 11.1 Å². The predicted octanol–water partition coefficient (Wildman–Crippen LogP) is 2.99. The van der Waals surface area contributed by atoms with Gasteiger partial charge >= 0.3 is 6.18 Å². The maximum absolute atomic E-state index is 12.5. The van der Waals surface area contributed by atoms with Gasteiger partial charge in [0.05, 0.1) is 23.3 Å². The van der Waals surface area contributed by atoms with Crippen molar-refractivity contribution in [3.63, 3.8) is 0 Å². The molecule has 0 aliphatic rings. The second-order valence-corrected chi connectivity index (χ2v) is 4.38. The summed E-state index contributed by atoms with van der Waals surface area (Å²) in [6, 6.07) is 3.32. The van der Waals surface area contributed by atoms with Gasteiger partial charge in [-0.2, -0.15) is 13.2 Å². The molecule has 0 unspecified atom stereocenters. The average Bonchev–Trinajstić information content (AvgIpc) is 2.88. The Balaban J connectivity index is 1.87. The standard InChI is InChI=1S/C13H15F3N4/c14-13(15,16)10-2-3-12(11(17)8-10)19-4-1-6-20-7-5-18-9-20/h2-3,5,7-9,19H,1,4,6,17H2. The Kier molecular flexibility index (Phi) is 4.16. The number of halogens is 3. The fraction of sp³-hybridized carbons (Fsp3) is 0.308. The van der Waals surface area contributed by atoms with E-state index in [4.69, 9.17) is 5.73 Å². The number of anilines is 2. The number of nitrogens with two attached hydrogens (primary N) is 1. The molecule has 7 heteroatoms. The number of benzene rings is 1. The SMILES string of the molecule is Nc1cc(C(F)(F)F)ccc1NCCCn1ccnc1. The number of nitrogens with zero attached hydrogens (tertiary/aromatic N) is 2. The zero-order valence-corrected chi connectivity index (χ0v) is 10.7. The molecule has 0 atom stereocenters. The normalized spacial score (nSPS) is 11.6. The van der Waals surface area contributed by atoms with E-state index in [2.05, 4.69) is 10.3 Å². The first kappa shape index (κ1) is 14.2. The smallest absolute Gasteiger partial charge is 0.397 e. The van der Waals surface area contributed by atoms with Gasteiger partial charge in [0.15, 0.2) is 0 Å². The van der Waals surface area contributed by atoms with Crippen LogP contribution in [0.5, 0.6) is 0 Å². The Labute approximate surface area is 114 Å². The van der Waals surface area contributed by atoms with Crippen LogP contribution in [-0.2, 0) is 12.7 Å². The number of nitrogens with one attached hydrogen (secondary N) is 1. The van der Waals surface area contributed by atoms with Crippen molar-refractivity contribution in [3.05, 3.63) is 42.5 Å². The first-order valence-corrected chi connectivity index (χ1v) is 6.13. The molecular formula is C13H15F3N4.